The molecule has 48 heavy (non-hydrogen) atoms. The molecule has 7 rings (SSSR count). The number of benzene rings is 4. The molecule has 1 unspecified atom stereocenters. The standard InChI is InChI=1S/C21H21N3O3.C17H10N2O2/c1-14(13-27-2)23-21(26)19-18(11-6-12-22-19)24-20(25)17-10-5-8-15-7-3-4-9-16(15)17;20-17-15-14(9-4-10-18-15)19-16(21-17)13-8-3-6-11-5-1-2-7-12(11)13/h3-12,14H,13H2,1-2H3,(H,23,26)(H,24,25);1-10H. The van der Waals surface area contributed by atoms with Gasteiger partial charge in [-0.25, -0.2) is 19.7 Å². The van der Waals surface area contributed by atoms with Gasteiger partial charge >= 0.3 is 5.63 Å². The van der Waals surface area contributed by atoms with Crippen LogP contribution in [0.15, 0.2) is 131 Å². The van der Waals surface area contributed by atoms with Crippen molar-refractivity contribution in [1.82, 2.24) is 20.3 Å². The third kappa shape index (κ3) is 6.93. The number of nitrogens with one attached hydrogen (secondary N) is 2. The molecule has 0 bridgehead atoms. The molecule has 7 aromatic rings. The average molecular weight is 638 g/mol. The van der Waals surface area contributed by atoms with Crippen LogP contribution in [0, 0.1) is 0 Å². The van der Waals surface area contributed by atoms with E-state index in [1.165, 1.54) is 6.20 Å². The summed E-state index contributed by atoms with van der Waals surface area (Å²) >= 11 is 0. The molecule has 3 heterocycles. The highest BCUT2D eigenvalue weighted by molar-refractivity contribution is 6.14. The van der Waals surface area contributed by atoms with Crippen LogP contribution in [-0.4, -0.2) is 46.5 Å². The van der Waals surface area contributed by atoms with Gasteiger partial charge in [0, 0.05) is 36.7 Å². The smallest absolute Gasteiger partial charge is 0.365 e. The molecule has 4 aromatic carbocycles. The zero-order valence-electron chi connectivity index (χ0n) is 26.2. The van der Waals surface area contributed by atoms with Crippen LogP contribution in [0.3, 0.4) is 0 Å². The Kier molecular flexibility index (Phi) is 9.54. The minimum Gasteiger partial charge on any atom is -0.402 e. The van der Waals surface area contributed by atoms with Crippen LogP contribution >= 0.6 is 0 Å². The van der Waals surface area contributed by atoms with Crippen molar-refractivity contribution < 1.29 is 18.7 Å². The van der Waals surface area contributed by atoms with Crippen LogP contribution in [0.1, 0.15) is 27.8 Å². The third-order valence-electron chi connectivity index (χ3n) is 7.51. The fraction of sp³-hybridized carbons (Fsp3) is 0.105. The molecule has 10 nitrogen and oxygen atoms in total. The number of carbonyl (C=O) groups is 2. The van der Waals surface area contributed by atoms with E-state index in [1.54, 1.807) is 43.6 Å². The number of ether oxygens (including phenoxy) is 1. The van der Waals surface area contributed by atoms with Crippen molar-refractivity contribution in [2.45, 2.75) is 13.0 Å². The summed E-state index contributed by atoms with van der Waals surface area (Å²) in [5.74, 6) is -0.343. The molecule has 238 valence electrons. The molecule has 0 saturated carbocycles. The first-order valence-electron chi connectivity index (χ1n) is 15.2. The first kappa shape index (κ1) is 31.7. The van der Waals surface area contributed by atoms with Gasteiger partial charge in [0.05, 0.1) is 12.3 Å². The molecule has 3 aromatic heterocycles. The number of pyridine rings is 2. The van der Waals surface area contributed by atoms with Crippen molar-refractivity contribution in [3.63, 3.8) is 0 Å². The van der Waals surface area contributed by atoms with E-state index in [2.05, 4.69) is 25.6 Å². The Morgan fingerprint density at radius 2 is 1.44 bits per heavy atom. The Morgan fingerprint density at radius 3 is 2.23 bits per heavy atom. The molecular weight excluding hydrogens is 606 g/mol. The highest BCUT2D eigenvalue weighted by Gasteiger charge is 2.18. The summed E-state index contributed by atoms with van der Waals surface area (Å²) in [4.78, 5) is 49.9. The second-order valence-corrected chi connectivity index (χ2v) is 10.9. The van der Waals surface area contributed by atoms with E-state index in [0.717, 1.165) is 27.1 Å². The number of fused-ring (bicyclic) bond motifs is 3. The lowest BCUT2D eigenvalue weighted by Crippen LogP contribution is -2.36. The molecule has 0 aliphatic heterocycles. The molecule has 10 heteroatoms. The van der Waals surface area contributed by atoms with Gasteiger partial charge in [-0.3, -0.25) is 9.59 Å². The van der Waals surface area contributed by atoms with Crippen LogP contribution in [0.25, 0.3) is 44.0 Å². The summed E-state index contributed by atoms with van der Waals surface area (Å²) < 4.78 is 10.4. The molecule has 1 atom stereocenters. The number of nitrogens with zero attached hydrogens (tertiary/aromatic N) is 3. The van der Waals surface area contributed by atoms with Crippen LogP contribution in [0.5, 0.6) is 0 Å². The molecule has 0 aliphatic rings. The third-order valence-corrected chi connectivity index (χ3v) is 7.51. The average Bonchev–Trinajstić information content (AvgIpc) is 3.11. The number of hydrogen-bond donors (Lipinski definition) is 2. The Morgan fingerprint density at radius 1 is 0.771 bits per heavy atom. The second-order valence-electron chi connectivity index (χ2n) is 10.9. The maximum absolute atomic E-state index is 12.8. The van der Waals surface area contributed by atoms with E-state index in [4.69, 9.17) is 9.15 Å². The molecule has 0 aliphatic carbocycles. The predicted octanol–water partition coefficient (Wildman–Crippen LogP) is 6.66. The fourth-order valence-corrected chi connectivity index (χ4v) is 5.32. The van der Waals surface area contributed by atoms with E-state index < -0.39 is 5.63 Å². The van der Waals surface area contributed by atoms with Gasteiger partial charge in [-0.2, -0.15) is 0 Å². The Labute approximate surface area is 275 Å². The summed E-state index contributed by atoms with van der Waals surface area (Å²) in [5.41, 5.74) is 2.18. The van der Waals surface area contributed by atoms with E-state index in [0.29, 0.717) is 29.3 Å². The van der Waals surface area contributed by atoms with Gasteiger partial charge in [-0.05, 0) is 64.9 Å². The number of carbonyl (C=O) groups excluding carboxylic acids is 2. The number of methoxy groups -OCH3 is 1. The van der Waals surface area contributed by atoms with Crippen LogP contribution in [0.4, 0.5) is 5.69 Å². The fourth-order valence-electron chi connectivity index (χ4n) is 5.32. The van der Waals surface area contributed by atoms with E-state index >= 15 is 0 Å². The number of amides is 2. The molecule has 0 fully saturated rings. The largest absolute Gasteiger partial charge is 0.402 e. The maximum Gasteiger partial charge on any atom is 0.365 e. The minimum absolute atomic E-state index is 0.161. The van der Waals surface area contributed by atoms with Gasteiger partial charge in [0.15, 0.2) is 11.2 Å². The van der Waals surface area contributed by atoms with Crippen molar-refractivity contribution in [1.29, 1.82) is 0 Å². The lowest BCUT2D eigenvalue weighted by molar-refractivity contribution is 0.0901. The summed E-state index contributed by atoms with van der Waals surface area (Å²) in [6.07, 6.45) is 3.07. The van der Waals surface area contributed by atoms with Crippen molar-refractivity contribution in [2.75, 3.05) is 19.0 Å². The number of rotatable bonds is 7. The van der Waals surface area contributed by atoms with E-state index in [1.807, 2.05) is 85.8 Å². The number of aromatic nitrogens is 3. The highest BCUT2D eigenvalue weighted by Crippen LogP contribution is 2.27. The lowest BCUT2D eigenvalue weighted by Gasteiger charge is -2.15. The minimum atomic E-state index is -0.469. The first-order valence-corrected chi connectivity index (χ1v) is 15.2. The van der Waals surface area contributed by atoms with E-state index in [-0.39, 0.29) is 29.1 Å². The predicted molar refractivity (Wildman–Crippen MR) is 186 cm³/mol. The summed E-state index contributed by atoms with van der Waals surface area (Å²) in [6.45, 7) is 2.22. The second kappa shape index (κ2) is 14.4. The van der Waals surface area contributed by atoms with Gasteiger partial charge < -0.3 is 19.8 Å². The quantitative estimate of drug-likeness (QED) is 0.198. The molecule has 2 amide bonds. The summed E-state index contributed by atoms with van der Waals surface area (Å²) in [6, 6.07) is 33.6. The molecule has 0 radical (unpaired) electrons. The highest BCUT2D eigenvalue weighted by atomic mass is 16.5. The molecule has 0 spiro atoms. The summed E-state index contributed by atoms with van der Waals surface area (Å²) in [5, 5.41) is 9.51. The SMILES string of the molecule is COCC(C)NC(=O)c1ncccc1NC(=O)c1cccc2ccccc12.O=c1oc(-c2cccc3ccccc23)nc2cccnc12. The van der Waals surface area contributed by atoms with E-state index in [9.17, 15) is 14.4 Å². The lowest BCUT2D eigenvalue weighted by atomic mass is 10.0. The zero-order valence-corrected chi connectivity index (χ0v) is 26.2. The van der Waals surface area contributed by atoms with Gasteiger partial charge in [0.1, 0.15) is 5.52 Å². The number of anilines is 1. The number of hydrogen-bond acceptors (Lipinski definition) is 8. The Balaban J connectivity index is 0.000000172. The normalized spacial score (nSPS) is 11.5. The maximum atomic E-state index is 12.8. The molecule has 0 saturated heterocycles. The Hall–Kier alpha value is -6.26. The van der Waals surface area contributed by atoms with Crippen molar-refractivity contribution in [3.05, 3.63) is 143 Å². The topological polar surface area (TPSA) is 136 Å². The van der Waals surface area contributed by atoms with Crippen molar-refractivity contribution in [3.8, 4) is 11.5 Å². The van der Waals surface area contributed by atoms with Gasteiger partial charge in [-0.15, -0.1) is 0 Å². The zero-order chi connectivity index (χ0) is 33.5. The van der Waals surface area contributed by atoms with Gasteiger partial charge in [0.2, 0.25) is 5.89 Å². The van der Waals surface area contributed by atoms with Gasteiger partial charge in [-0.1, -0.05) is 72.8 Å². The van der Waals surface area contributed by atoms with Crippen LogP contribution in [0.2, 0.25) is 0 Å². The molecular formula is C38H31N5O5. The van der Waals surface area contributed by atoms with Gasteiger partial charge in [0.25, 0.3) is 11.8 Å². The van der Waals surface area contributed by atoms with Crippen molar-refractivity contribution in [2.24, 2.45) is 0 Å². The first-order chi connectivity index (χ1) is 23.4. The van der Waals surface area contributed by atoms with Crippen molar-refractivity contribution >= 4 is 50.1 Å². The van der Waals surface area contributed by atoms with Crippen LogP contribution < -0.4 is 16.3 Å². The molecule has 2 N–H and O–H groups in total. The Bertz CT molecular complexity index is 2310. The van der Waals surface area contributed by atoms with Crippen LogP contribution in [-0.2, 0) is 4.74 Å². The summed E-state index contributed by atoms with van der Waals surface area (Å²) in [7, 11) is 1.57. The monoisotopic (exact) mass is 637 g/mol.